The molecule has 1 spiro atoms. The topological polar surface area (TPSA) is 76.4 Å². The monoisotopic (exact) mass is 416 g/mol. The van der Waals surface area contributed by atoms with Crippen molar-refractivity contribution in [3.05, 3.63) is 66.7 Å². The van der Waals surface area contributed by atoms with E-state index < -0.39 is 5.60 Å². The lowest BCUT2D eigenvalue weighted by Gasteiger charge is -2.38. The average Bonchev–Trinajstić information content (AvgIpc) is 3.55. The number of rotatable bonds is 3. The average molecular weight is 416 g/mol. The molecule has 1 aromatic carbocycles. The molecule has 0 bridgehead atoms. The van der Waals surface area contributed by atoms with Crippen LogP contribution in [0.1, 0.15) is 37.3 Å². The fraction of sp³-hybridized carbons (Fsp3) is 0.391. The Labute approximate surface area is 180 Å². The Bertz CT molecular complexity index is 1060. The van der Waals surface area contributed by atoms with Crippen molar-refractivity contribution in [2.24, 2.45) is 0 Å². The van der Waals surface area contributed by atoms with Gasteiger partial charge in [-0.25, -0.2) is 4.98 Å². The zero-order chi connectivity index (χ0) is 20.8. The van der Waals surface area contributed by atoms with Crippen LogP contribution < -0.4 is 4.90 Å². The van der Waals surface area contributed by atoms with E-state index in [0.29, 0.717) is 12.8 Å². The van der Waals surface area contributed by atoms with Crippen molar-refractivity contribution < 1.29 is 9.53 Å². The number of anilines is 1. The summed E-state index contributed by atoms with van der Waals surface area (Å²) >= 11 is 0. The zero-order valence-electron chi connectivity index (χ0n) is 17.2. The Balaban J connectivity index is 1.16. The first-order chi connectivity index (χ1) is 15.2. The van der Waals surface area contributed by atoms with Crippen LogP contribution in [0.25, 0.3) is 5.82 Å². The van der Waals surface area contributed by atoms with Gasteiger partial charge in [-0.2, -0.15) is 0 Å². The molecule has 0 unspecified atom stereocenters. The van der Waals surface area contributed by atoms with E-state index >= 15 is 0 Å². The van der Waals surface area contributed by atoms with Crippen molar-refractivity contribution in [1.29, 1.82) is 0 Å². The van der Waals surface area contributed by atoms with E-state index in [1.807, 2.05) is 46.0 Å². The highest BCUT2D eigenvalue weighted by Crippen LogP contribution is 2.47. The molecule has 0 saturated carbocycles. The summed E-state index contributed by atoms with van der Waals surface area (Å²) in [6.07, 6.45) is 8.36. The third kappa shape index (κ3) is 3.01. The van der Waals surface area contributed by atoms with Crippen molar-refractivity contribution in [2.45, 2.75) is 43.6 Å². The number of hydrogen-bond donors (Lipinski definition) is 0. The van der Waals surface area contributed by atoms with E-state index in [4.69, 9.17) is 4.74 Å². The lowest BCUT2D eigenvalue weighted by molar-refractivity contribution is -0.140. The van der Waals surface area contributed by atoms with Crippen LogP contribution in [0.3, 0.4) is 0 Å². The summed E-state index contributed by atoms with van der Waals surface area (Å²) in [6.45, 7) is 1.45. The van der Waals surface area contributed by atoms with Gasteiger partial charge in [-0.1, -0.05) is 30.3 Å². The molecule has 158 valence electrons. The molecule has 3 fully saturated rings. The third-order valence-corrected chi connectivity index (χ3v) is 6.80. The van der Waals surface area contributed by atoms with Crippen LogP contribution in [0, 0.1) is 0 Å². The molecule has 31 heavy (non-hydrogen) atoms. The lowest BCUT2D eigenvalue weighted by Crippen LogP contribution is -2.50. The normalized spacial score (nSPS) is 24.7. The SMILES string of the molecule is O=C1N2[C@@H](CC[C@H]2c2ccccc2)OC12CCN(c1ccc(-n3ccnc3)nn1)CC2. The van der Waals surface area contributed by atoms with Gasteiger partial charge >= 0.3 is 0 Å². The first-order valence-electron chi connectivity index (χ1n) is 10.9. The summed E-state index contributed by atoms with van der Waals surface area (Å²) in [5.41, 5.74) is 0.503. The maximum Gasteiger partial charge on any atom is 0.257 e. The second-order valence-corrected chi connectivity index (χ2v) is 8.49. The van der Waals surface area contributed by atoms with Gasteiger partial charge in [0.05, 0.1) is 6.04 Å². The Morgan fingerprint density at radius 1 is 0.968 bits per heavy atom. The second-order valence-electron chi connectivity index (χ2n) is 8.49. The molecular formula is C23H24N6O2. The van der Waals surface area contributed by atoms with Crippen molar-refractivity contribution in [3.8, 4) is 5.82 Å². The molecule has 3 aliphatic heterocycles. The van der Waals surface area contributed by atoms with Gasteiger partial charge in [0, 0.05) is 38.3 Å². The van der Waals surface area contributed by atoms with Gasteiger partial charge in [-0.05, 0) is 30.5 Å². The highest BCUT2D eigenvalue weighted by molar-refractivity contribution is 5.88. The maximum atomic E-state index is 13.5. The van der Waals surface area contributed by atoms with Crippen LogP contribution in [0.15, 0.2) is 61.2 Å². The maximum absolute atomic E-state index is 13.5. The Kier molecular flexibility index (Phi) is 4.27. The van der Waals surface area contributed by atoms with E-state index in [1.165, 1.54) is 5.56 Å². The summed E-state index contributed by atoms with van der Waals surface area (Å²) in [5, 5.41) is 8.71. The minimum Gasteiger partial charge on any atom is -0.355 e. The van der Waals surface area contributed by atoms with Gasteiger partial charge in [0.2, 0.25) is 0 Å². The Morgan fingerprint density at radius 3 is 2.45 bits per heavy atom. The quantitative estimate of drug-likeness (QED) is 0.654. The number of benzene rings is 1. The number of amides is 1. The van der Waals surface area contributed by atoms with Gasteiger partial charge in [0.25, 0.3) is 5.91 Å². The molecule has 0 N–H and O–H groups in total. The molecule has 0 aliphatic carbocycles. The van der Waals surface area contributed by atoms with Gasteiger partial charge in [0.1, 0.15) is 12.6 Å². The molecule has 6 rings (SSSR count). The Morgan fingerprint density at radius 2 is 1.74 bits per heavy atom. The van der Waals surface area contributed by atoms with Crippen LogP contribution in [-0.2, 0) is 9.53 Å². The number of hydrogen-bond acceptors (Lipinski definition) is 6. The number of carbonyl (C=O) groups is 1. The number of nitrogens with zero attached hydrogens (tertiary/aromatic N) is 6. The van der Waals surface area contributed by atoms with E-state index in [9.17, 15) is 4.79 Å². The van der Waals surface area contributed by atoms with E-state index in [-0.39, 0.29) is 18.2 Å². The van der Waals surface area contributed by atoms with Gasteiger partial charge in [-0.3, -0.25) is 9.36 Å². The standard InChI is InChI=1S/C23H24N6O2/c30-22-23(31-21-9-6-18(29(21)22)17-4-2-1-3-5-17)10-13-27(14-11-23)19-7-8-20(26-25-19)28-15-12-24-16-28/h1-5,7-8,12,15-16,18,21H,6,9-11,13-14H2/t18-,21+/m0/s1. The summed E-state index contributed by atoms with van der Waals surface area (Å²) in [4.78, 5) is 21.7. The van der Waals surface area contributed by atoms with E-state index in [0.717, 1.165) is 37.6 Å². The molecular weight excluding hydrogens is 392 g/mol. The van der Waals surface area contributed by atoms with Crippen molar-refractivity contribution in [3.63, 3.8) is 0 Å². The number of aromatic nitrogens is 4. The molecule has 2 aromatic heterocycles. The molecule has 1 amide bonds. The largest absolute Gasteiger partial charge is 0.355 e. The minimum absolute atomic E-state index is 0.0986. The molecule has 3 aromatic rings. The molecule has 8 heteroatoms. The molecule has 3 saturated heterocycles. The van der Waals surface area contributed by atoms with Crippen molar-refractivity contribution >= 4 is 11.7 Å². The molecule has 5 heterocycles. The summed E-state index contributed by atoms with van der Waals surface area (Å²) in [6, 6.07) is 14.3. The summed E-state index contributed by atoms with van der Waals surface area (Å²) in [7, 11) is 0. The third-order valence-electron chi connectivity index (χ3n) is 6.80. The molecule has 8 nitrogen and oxygen atoms in total. The first kappa shape index (κ1) is 18.5. The highest BCUT2D eigenvalue weighted by atomic mass is 16.6. The summed E-state index contributed by atoms with van der Waals surface area (Å²) in [5.74, 6) is 1.72. The van der Waals surface area contributed by atoms with E-state index in [2.05, 4.69) is 32.2 Å². The molecule has 3 aliphatic rings. The van der Waals surface area contributed by atoms with Gasteiger partial charge in [0.15, 0.2) is 17.2 Å². The molecule has 2 atom stereocenters. The van der Waals surface area contributed by atoms with Gasteiger partial charge < -0.3 is 14.5 Å². The number of carbonyl (C=O) groups excluding carboxylic acids is 1. The number of imidazole rings is 1. The van der Waals surface area contributed by atoms with Crippen LogP contribution >= 0.6 is 0 Å². The first-order valence-corrected chi connectivity index (χ1v) is 10.9. The fourth-order valence-corrected chi connectivity index (χ4v) is 5.16. The van der Waals surface area contributed by atoms with Crippen molar-refractivity contribution in [1.82, 2.24) is 24.6 Å². The minimum atomic E-state index is -0.696. The van der Waals surface area contributed by atoms with Crippen LogP contribution in [0.5, 0.6) is 0 Å². The predicted molar refractivity (Wildman–Crippen MR) is 113 cm³/mol. The van der Waals surface area contributed by atoms with Crippen LogP contribution in [-0.4, -0.2) is 55.5 Å². The van der Waals surface area contributed by atoms with Gasteiger partial charge in [-0.15, -0.1) is 10.2 Å². The number of fused-ring (bicyclic) bond motifs is 1. The van der Waals surface area contributed by atoms with Crippen molar-refractivity contribution in [2.75, 3.05) is 18.0 Å². The smallest absolute Gasteiger partial charge is 0.257 e. The molecule has 0 radical (unpaired) electrons. The second kappa shape index (κ2) is 7.16. The van der Waals surface area contributed by atoms with Crippen LogP contribution in [0.2, 0.25) is 0 Å². The fourth-order valence-electron chi connectivity index (χ4n) is 5.16. The highest BCUT2D eigenvalue weighted by Gasteiger charge is 2.57. The number of ether oxygens (including phenoxy) is 1. The summed E-state index contributed by atoms with van der Waals surface area (Å²) < 4.78 is 8.26. The number of piperidine rings is 1. The lowest BCUT2D eigenvalue weighted by atomic mass is 9.89. The Hall–Kier alpha value is -3.26. The van der Waals surface area contributed by atoms with E-state index in [1.54, 1.807) is 12.5 Å². The predicted octanol–water partition coefficient (Wildman–Crippen LogP) is 2.72. The van der Waals surface area contributed by atoms with Crippen LogP contribution in [0.4, 0.5) is 5.82 Å². The zero-order valence-corrected chi connectivity index (χ0v) is 17.2.